The first-order chi connectivity index (χ1) is 10.7. The van der Waals surface area contributed by atoms with Crippen molar-refractivity contribution in [3.05, 3.63) is 29.0 Å². The Bertz CT molecular complexity index is 855. The molecule has 3 rings (SSSR count). The number of hydrogen-bond acceptors (Lipinski definition) is 8. The Balaban J connectivity index is 1.93. The number of β-amino-alcohol motifs (C(OH)–C–C–N with tert-alkyl or cyclic N) is 1. The minimum Gasteiger partial charge on any atom is -0.383 e. The SMILES string of the molecule is Cc1noc([C@@]2(O)CCN(S(=O)(=O)c3cc(Cl)cnc3N)C2)n1. The molecule has 2 aromatic heterocycles. The van der Waals surface area contributed by atoms with E-state index in [4.69, 9.17) is 21.9 Å². The van der Waals surface area contributed by atoms with Gasteiger partial charge in [-0.2, -0.15) is 9.29 Å². The van der Waals surface area contributed by atoms with Crippen molar-refractivity contribution in [3.8, 4) is 0 Å². The Hall–Kier alpha value is -1.75. The predicted octanol–water partition coefficient (Wildman–Crippen LogP) is 0.291. The molecule has 0 saturated carbocycles. The van der Waals surface area contributed by atoms with E-state index in [0.29, 0.717) is 5.82 Å². The van der Waals surface area contributed by atoms with Crippen LogP contribution in [0.5, 0.6) is 0 Å². The number of rotatable bonds is 3. The van der Waals surface area contributed by atoms with E-state index < -0.39 is 15.6 Å². The Labute approximate surface area is 137 Å². The van der Waals surface area contributed by atoms with Crippen LogP contribution in [-0.4, -0.2) is 46.0 Å². The lowest BCUT2D eigenvalue weighted by Gasteiger charge is -2.20. The zero-order valence-electron chi connectivity index (χ0n) is 12.1. The normalized spacial score (nSPS) is 22.6. The number of sulfonamides is 1. The second kappa shape index (κ2) is 5.41. The summed E-state index contributed by atoms with van der Waals surface area (Å²) in [5.41, 5.74) is 4.11. The molecule has 0 aromatic carbocycles. The summed E-state index contributed by atoms with van der Waals surface area (Å²) in [7, 11) is -3.95. The van der Waals surface area contributed by atoms with Gasteiger partial charge in [-0.05, 0) is 13.0 Å². The zero-order valence-corrected chi connectivity index (χ0v) is 13.7. The van der Waals surface area contributed by atoms with Gasteiger partial charge in [0.2, 0.25) is 10.0 Å². The predicted molar refractivity (Wildman–Crippen MR) is 80.0 cm³/mol. The van der Waals surface area contributed by atoms with E-state index in [1.807, 2.05) is 0 Å². The van der Waals surface area contributed by atoms with Gasteiger partial charge in [0.15, 0.2) is 11.4 Å². The largest absolute Gasteiger partial charge is 0.383 e. The van der Waals surface area contributed by atoms with E-state index in [-0.39, 0.29) is 41.1 Å². The van der Waals surface area contributed by atoms with Crippen molar-refractivity contribution in [1.82, 2.24) is 19.4 Å². The third-order valence-corrected chi connectivity index (χ3v) is 5.69. The summed E-state index contributed by atoms with van der Waals surface area (Å²) < 4.78 is 31.5. The van der Waals surface area contributed by atoms with E-state index in [1.165, 1.54) is 12.3 Å². The highest BCUT2D eigenvalue weighted by Crippen LogP contribution is 2.35. The fourth-order valence-electron chi connectivity index (χ4n) is 2.40. The summed E-state index contributed by atoms with van der Waals surface area (Å²) in [6.07, 6.45) is 1.39. The molecule has 124 valence electrons. The van der Waals surface area contributed by atoms with Crippen LogP contribution in [0.25, 0.3) is 0 Å². The molecule has 0 aliphatic carbocycles. The van der Waals surface area contributed by atoms with Gasteiger partial charge < -0.3 is 15.4 Å². The van der Waals surface area contributed by atoms with Gasteiger partial charge in [0, 0.05) is 19.2 Å². The van der Waals surface area contributed by atoms with Crippen LogP contribution in [0, 0.1) is 6.92 Å². The molecule has 3 N–H and O–H groups in total. The Morgan fingerprint density at radius 3 is 2.91 bits per heavy atom. The number of pyridine rings is 1. The van der Waals surface area contributed by atoms with E-state index in [2.05, 4.69) is 15.1 Å². The first-order valence-electron chi connectivity index (χ1n) is 6.67. The molecule has 1 atom stereocenters. The second-order valence-corrected chi connectivity index (χ2v) is 7.65. The summed E-state index contributed by atoms with van der Waals surface area (Å²) in [6, 6.07) is 1.23. The van der Waals surface area contributed by atoms with E-state index >= 15 is 0 Å². The van der Waals surface area contributed by atoms with Gasteiger partial charge in [0.1, 0.15) is 10.7 Å². The molecular weight excluding hydrogens is 346 g/mol. The quantitative estimate of drug-likeness (QED) is 0.798. The standard InChI is InChI=1S/C12H14ClN5O4S/c1-7-16-11(22-17-7)12(19)2-3-18(6-12)23(20,21)9-4-8(13)5-15-10(9)14/h4-5,19H,2-3,6H2,1H3,(H2,14,15)/t12-/m1/s1. The Morgan fingerprint density at radius 2 is 2.26 bits per heavy atom. The van der Waals surface area contributed by atoms with Crippen LogP contribution in [0.3, 0.4) is 0 Å². The number of nitrogen functional groups attached to an aromatic ring is 1. The average molecular weight is 360 g/mol. The van der Waals surface area contributed by atoms with Gasteiger partial charge in [-0.25, -0.2) is 13.4 Å². The van der Waals surface area contributed by atoms with Crippen LogP contribution < -0.4 is 5.73 Å². The molecule has 11 heteroatoms. The minimum atomic E-state index is -3.95. The van der Waals surface area contributed by atoms with Crippen LogP contribution in [0.2, 0.25) is 5.02 Å². The van der Waals surface area contributed by atoms with Crippen LogP contribution in [0.4, 0.5) is 5.82 Å². The summed E-state index contributed by atoms with van der Waals surface area (Å²) in [5, 5.41) is 14.4. The fraction of sp³-hybridized carbons (Fsp3) is 0.417. The highest BCUT2D eigenvalue weighted by molar-refractivity contribution is 7.89. The van der Waals surface area contributed by atoms with Crippen molar-refractivity contribution in [2.45, 2.75) is 23.8 Å². The topological polar surface area (TPSA) is 135 Å². The molecule has 1 saturated heterocycles. The van der Waals surface area contributed by atoms with Crippen LogP contribution >= 0.6 is 11.6 Å². The van der Waals surface area contributed by atoms with Crippen LogP contribution in [0.1, 0.15) is 18.1 Å². The molecule has 0 unspecified atom stereocenters. The number of aromatic nitrogens is 3. The van der Waals surface area contributed by atoms with Crippen molar-refractivity contribution in [3.63, 3.8) is 0 Å². The molecule has 0 radical (unpaired) electrons. The molecule has 0 amide bonds. The summed E-state index contributed by atoms with van der Waals surface area (Å²) >= 11 is 5.80. The number of anilines is 1. The lowest BCUT2D eigenvalue weighted by Crippen LogP contribution is -2.35. The molecule has 1 fully saturated rings. The van der Waals surface area contributed by atoms with Gasteiger partial charge in [-0.1, -0.05) is 16.8 Å². The maximum atomic E-state index is 12.7. The summed E-state index contributed by atoms with van der Waals surface area (Å²) in [5.74, 6) is 0.196. The molecule has 0 bridgehead atoms. The fourth-order valence-corrected chi connectivity index (χ4v) is 4.21. The van der Waals surface area contributed by atoms with Crippen molar-refractivity contribution < 1.29 is 18.0 Å². The third kappa shape index (κ3) is 2.78. The monoisotopic (exact) mass is 359 g/mol. The van der Waals surface area contributed by atoms with Crippen LogP contribution in [-0.2, 0) is 15.6 Å². The van der Waals surface area contributed by atoms with Crippen molar-refractivity contribution in [1.29, 1.82) is 0 Å². The number of nitrogens with two attached hydrogens (primary N) is 1. The van der Waals surface area contributed by atoms with Crippen molar-refractivity contribution in [2.24, 2.45) is 0 Å². The Kier molecular flexibility index (Phi) is 3.79. The minimum absolute atomic E-state index is 0.00936. The van der Waals surface area contributed by atoms with Gasteiger partial charge in [-0.15, -0.1) is 0 Å². The van der Waals surface area contributed by atoms with Crippen molar-refractivity contribution in [2.75, 3.05) is 18.8 Å². The van der Waals surface area contributed by atoms with Gasteiger partial charge in [0.05, 0.1) is 11.6 Å². The van der Waals surface area contributed by atoms with Gasteiger partial charge >= 0.3 is 0 Å². The van der Waals surface area contributed by atoms with Gasteiger partial charge in [-0.3, -0.25) is 0 Å². The second-order valence-electron chi connectivity index (χ2n) is 5.30. The maximum Gasteiger partial charge on any atom is 0.260 e. The average Bonchev–Trinajstić information content (AvgIpc) is 3.09. The number of aliphatic hydroxyl groups is 1. The van der Waals surface area contributed by atoms with Crippen LogP contribution in [0.15, 0.2) is 21.7 Å². The number of nitrogens with zero attached hydrogens (tertiary/aromatic N) is 4. The molecule has 0 spiro atoms. The first kappa shape index (κ1) is 16.1. The smallest absolute Gasteiger partial charge is 0.260 e. The molecule has 1 aliphatic heterocycles. The zero-order chi connectivity index (χ0) is 16.8. The molecule has 3 heterocycles. The maximum absolute atomic E-state index is 12.7. The van der Waals surface area contributed by atoms with E-state index in [1.54, 1.807) is 6.92 Å². The number of halogens is 1. The van der Waals surface area contributed by atoms with E-state index in [9.17, 15) is 13.5 Å². The highest BCUT2D eigenvalue weighted by atomic mass is 35.5. The highest BCUT2D eigenvalue weighted by Gasteiger charge is 2.47. The van der Waals surface area contributed by atoms with Gasteiger partial charge in [0.25, 0.3) is 5.89 Å². The first-order valence-corrected chi connectivity index (χ1v) is 8.48. The lowest BCUT2D eigenvalue weighted by molar-refractivity contribution is 0.0194. The number of aryl methyl sites for hydroxylation is 1. The van der Waals surface area contributed by atoms with Crippen molar-refractivity contribution >= 4 is 27.4 Å². The summed E-state index contributed by atoms with van der Waals surface area (Å²) in [4.78, 5) is 7.53. The lowest BCUT2D eigenvalue weighted by atomic mass is 10.0. The molecule has 1 aliphatic rings. The van der Waals surface area contributed by atoms with E-state index in [0.717, 1.165) is 4.31 Å². The Morgan fingerprint density at radius 1 is 1.52 bits per heavy atom. The third-order valence-electron chi connectivity index (χ3n) is 3.60. The number of hydrogen-bond donors (Lipinski definition) is 2. The summed E-state index contributed by atoms with van der Waals surface area (Å²) in [6.45, 7) is 1.47. The molecule has 23 heavy (non-hydrogen) atoms. The molecule has 2 aromatic rings. The molecular formula is C12H14ClN5O4S. The molecule has 9 nitrogen and oxygen atoms in total.